The van der Waals surface area contributed by atoms with Crippen molar-refractivity contribution in [3.8, 4) is 0 Å². The lowest BCUT2D eigenvalue weighted by molar-refractivity contribution is 0.0658. The minimum atomic E-state index is -1.01. The third-order valence-corrected chi connectivity index (χ3v) is 3.45. The number of hydrogen-bond donors (Lipinski definition) is 1. The van der Waals surface area contributed by atoms with Gasteiger partial charge in [-0.15, -0.1) is 0 Å². The summed E-state index contributed by atoms with van der Waals surface area (Å²) in [4.78, 5) is 15.4. The van der Waals surface area contributed by atoms with Gasteiger partial charge in [-0.1, -0.05) is 32.6 Å². The van der Waals surface area contributed by atoms with E-state index >= 15 is 0 Å². The fraction of sp³-hybridized carbons (Fsp3) is 0.692. The second-order valence-corrected chi connectivity index (χ2v) is 4.68. The molecule has 1 heterocycles. The minimum absolute atomic E-state index is 0.0340. The van der Waals surface area contributed by atoms with Crippen LogP contribution in [0.2, 0.25) is 0 Å². The number of oxazole rings is 1. The van der Waals surface area contributed by atoms with E-state index in [1.165, 1.54) is 25.7 Å². The van der Waals surface area contributed by atoms with Gasteiger partial charge in [0.2, 0.25) is 5.76 Å². The molecular weight excluding hydrogens is 218 g/mol. The first kappa shape index (κ1) is 12.1. The highest BCUT2D eigenvalue weighted by Crippen LogP contribution is 2.32. The number of aromatic carboxylic acids is 1. The van der Waals surface area contributed by atoms with Crippen molar-refractivity contribution in [2.75, 3.05) is 0 Å². The van der Waals surface area contributed by atoms with Gasteiger partial charge in [0.1, 0.15) is 0 Å². The summed E-state index contributed by atoms with van der Waals surface area (Å²) in [6.45, 7) is 1.90. The Balaban J connectivity index is 2.22. The SMILES string of the molecule is CCc1nc(C2CCCCCC2)oc1C(=O)O. The molecule has 2 rings (SSSR count). The van der Waals surface area contributed by atoms with Crippen molar-refractivity contribution in [1.82, 2.24) is 4.98 Å². The Hall–Kier alpha value is -1.32. The van der Waals surface area contributed by atoms with Crippen LogP contribution in [0.25, 0.3) is 0 Å². The van der Waals surface area contributed by atoms with Crippen LogP contribution in [0.4, 0.5) is 0 Å². The molecule has 0 unspecified atom stereocenters. The lowest BCUT2D eigenvalue weighted by atomic mass is 10.0. The van der Waals surface area contributed by atoms with Gasteiger partial charge < -0.3 is 9.52 Å². The molecule has 1 aliphatic carbocycles. The molecule has 0 saturated heterocycles. The molecule has 1 aromatic heterocycles. The lowest BCUT2D eigenvalue weighted by Gasteiger charge is -2.08. The fourth-order valence-corrected chi connectivity index (χ4v) is 2.48. The van der Waals surface area contributed by atoms with E-state index in [9.17, 15) is 4.79 Å². The number of hydrogen-bond acceptors (Lipinski definition) is 3. The predicted octanol–water partition coefficient (Wildman–Crippen LogP) is 3.37. The maximum atomic E-state index is 11.0. The lowest BCUT2D eigenvalue weighted by Crippen LogP contribution is -1.98. The number of rotatable bonds is 3. The third-order valence-electron chi connectivity index (χ3n) is 3.45. The van der Waals surface area contributed by atoms with Crippen LogP contribution in [0.15, 0.2) is 4.42 Å². The van der Waals surface area contributed by atoms with Gasteiger partial charge in [-0.05, 0) is 19.3 Å². The summed E-state index contributed by atoms with van der Waals surface area (Å²) in [6.07, 6.45) is 7.67. The van der Waals surface area contributed by atoms with E-state index in [1.54, 1.807) is 0 Å². The summed E-state index contributed by atoms with van der Waals surface area (Å²) in [5.74, 6) is -0.0157. The maximum Gasteiger partial charge on any atom is 0.373 e. The molecule has 1 aromatic rings. The summed E-state index contributed by atoms with van der Waals surface area (Å²) in [6, 6.07) is 0. The third kappa shape index (κ3) is 2.68. The summed E-state index contributed by atoms with van der Waals surface area (Å²) in [7, 11) is 0. The quantitative estimate of drug-likeness (QED) is 0.818. The molecule has 1 saturated carbocycles. The molecule has 1 N–H and O–H groups in total. The number of nitrogens with zero attached hydrogens (tertiary/aromatic N) is 1. The Kier molecular flexibility index (Phi) is 3.82. The van der Waals surface area contributed by atoms with Gasteiger partial charge in [-0.3, -0.25) is 0 Å². The van der Waals surface area contributed by atoms with Gasteiger partial charge in [0.25, 0.3) is 0 Å². The van der Waals surface area contributed by atoms with E-state index in [0.29, 0.717) is 23.9 Å². The van der Waals surface area contributed by atoms with Crippen LogP contribution >= 0.6 is 0 Å². The first-order valence-electron chi connectivity index (χ1n) is 6.45. The van der Waals surface area contributed by atoms with Crippen LogP contribution in [-0.4, -0.2) is 16.1 Å². The Bertz CT molecular complexity index is 389. The van der Waals surface area contributed by atoms with Gasteiger partial charge in [0.15, 0.2) is 5.89 Å². The van der Waals surface area contributed by atoms with Crippen molar-refractivity contribution in [3.05, 3.63) is 17.3 Å². The maximum absolute atomic E-state index is 11.0. The van der Waals surface area contributed by atoms with Crippen molar-refractivity contribution < 1.29 is 14.3 Å². The molecule has 1 aliphatic rings. The number of carboxylic acid groups (broad SMARTS) is 1. The highest BCUT2D eigenvalue weighted by molar-refractivity contribution is 5.85. The minimum Gasteiger partial charge on any atom is -0.475 e. The average Bonchev–Trinajstić information content (AvgIpc) is 2.57. The molecule has 94 valence electrons. The second kappa shape index (κ2) is 5.34. The molecule has 0 radical (unpaired) electrons. The number of carbonyl (C=O) groups is 1. The monoisotopic (exact) mass is 237 g/mol. The highest BCUT2D eigenvalue weighted by atomic mass is 16.4. The molecule has 0 bridgehead atoms. The molecule has 4 heteroatoms. The van der Waals surface area contributed by atoms with Crippen molar-refractivity contribution in [3.63, 3.8) is 0 Å². The molecule has 0 aromatic carbocycles. The fourth-order valence-electron chi connectivity index (χ4n) is 2.48. The standard InChI is InChI=1S/C13H19NO3/c1-2-10-11(13(15)16)17-12(14-10)9-7-5-3-4-6-8-9/h9H,2-8H2,1H3,(H,15,16). The zero-order valence-electron chi connectivity index (χ0n) is 10.2. The number of aryl methyl sites for hydroxylation is 1. The van der Waals surface area contributed by atoms with Gasteiger partial charge in [0.05, 0.1) is 5.69 Å². The Labute approximate surface area is 101 Å². The van der Waals surface area contributed by atoms with Crippen LogP contribution in [0, 0.1) is 0 Å². The van der Waals surface area contributed by atoms with Crippen LogP contribution in [0.1, 0.15) is 73.5 Å². The normalized spacial score (nSPS) is 17.9. The molecular formula is C13H19NO3. The molecule has 0 amide bonds. The predicted molar refractivity (Wildman–Crippen MR) is 63.3 cm³/mol. The number of aromatic nitrogens is 1. The van der Waals surface area contributed by atoms with E-state index in [1.807, 2.05) is 6.92 Å². The van der Waals surface area contributed by atoms with Gasteiger partial charge in [0, 0.05) is 5.92 Å². The molecule has 1 fully saturated rings. The second-order valence-electron chi connectivity index (χ2n) is 4.68. The van der Waals surface area contributed by atoms with E-state index in [2.05, 4.69) is 4.98 Å². The van der Waals surface area contributed by atoms with Crippen molar-refractivity contribution in [1.29, 1.82) is 0 Å². The van der Waals surface area contributed by atoms with Crippen LogP contribution in [0.3, 0.4) is 0 Å². The highest BCUT2D eigenvalue weighted by Gasteiger charge is 2.24. The van der Waals surface area contributed by atoms with Crippen molar-refractivity contribution >= 4 is 5.97 Å². The van der Waals surface area contributed by atoms with Crippen LogP contribution in [0.5, 0.6) is 0 Å². The van der Waals surface area contributed by atoms with E-state index in [4.69, 9.17) is 9.52 Å². The summed E-state index contributed by atoms with van der Waals surface area (Å²) < 4.78 is 5.45. The van der Waals surface area contributed by atoms with Crippen LogP contribution in [-0.2, 0) is 6.42 Å². The molecule has 0 atom stereocenters. The Morgan fingerprint density at radius 2 is 2.00 bits per heavy atom. The van der Waals surface area contributed by atoms with Crippen LogP contribution < -0.4 is 0 Å². The zero-order valence-corrected chi connectivity index (χ0v) is 10.2. The molecule has 0 spiro atoms. The van der Waals surface area contributed by atoms with E-state index in [-0.39, 0.29) is 5.76 Å². The molecule has 4 nitrogen and oxygen atoms in total. The van der Waals surface area contributed by atoms with Gasteiger partial charge in [-0.25, -0.2) is 9.78 Å². The van der Waals surface area contributed by atoms with E-state index < -0.39 is 5.97 Å². The first-order valence-corrected chi connectivity index (χ1v) is 6.45. The topological polar surface area (TPSA) is 63.3 Å². The summed E-state index contributed by atoms with van der Waals surface area (Å²) in [5.41, 5.74) is 0.580. The van der Waals surface area contributed by atoms with Gasteiger partial charge in [-0.2, -0.15) is 0 Å². The summed E-state index contributed by atoms with van der Waals surface area (Å²) >= 11 is 0. The van der Waals surface area contributed by atoms with Crippen molar-refractivity contribution in [2.45, 2.75) is 57.8 Å². The average molecular weight is 237 g/mol. The summed E-state index contributed by atoms with van der Waals surface area (Å²) in [5, 5.41) is 9.03. The van der Waals surface area contributed by atoms with Crippen molar-refractivity contribution in [2.24, 2.45) is 0 Å². The molecule has 0 aliphatic heterocycles. The molecule has 17 heavy (non-hydrogen) atoms. The number of carboxylic acids is 1. The largest absolute Gasteiger partial charge is 0.475 e. The Morgan fingerprint density at radius 3 is 2.47 bits per heavy atom. The smallest absolute Gasteiger partial charge is 0.373 e. The van der Waals surface area contributed by atoms with Gasteiger partial charge >= 0.3 is 5.97 Å². The Morgan fingerprint density at radius 1 is 1.35 bits per heavy atom. The van der Waals surface area contributed by atoms with E-state index in [0.717, 1.165) is 12.8 Å². The zero-order chi connectivity index (χ0) is 12.3. The first-order chi connectivity index (χ1) is 8.22.